The molecule has 2 aliphatic rings. The van der Waals surface area contributed by atoms with Gasteiger partial charge >= 0.3 is 0 Å². The van der Waals surface area contributed by atoms with Crippen LogP contribution in [-0.2, 0) is 17.9 Å². The molecule has 1 saturated heterocycles. The summed E-state index contributed by atoms with van der Waals surface area (Å²) in [5.74, 6) is 0.114. The van der Waals surface area contributed by atoms with Crippen molar-refractivity contribution in [2.24, 2.45) is 11.7 Å². The summed E-state index contributed by atoms with van der Waals surface area (Å²) < 4.78 is 16.1. The molecular formula is C29H36FN5O2. The molecule has 0 spiro atoms. The second kappa shape index (κ2) is 10.2. The first-order chi connectivity index (χ1) is 17.7. The number of fused-ring (bicyclic) bond motifs is 1. The van der Waals surface area contributed by atoms with Crippen LogP contribution in [0.1, 0.15) is 45.6 Å². The van der Waals surface area contributed by atoms with Crippen molar-refractivity contribution in [1.29, 1.82) is 0 Å². The Balaban J connectivity index is 1.48. The van der Waals surface area contributed by atoms with Gasteiger partial charge in [0.2, 0.25) is 5.91 Å². The molecule has 2 aromatic carbocycles. The zero-order valence-corrected chi connectivity index (χ0v) is 21.9. The highest BCUT2D eigenvalue weighted by Crippen LogP contribution is 2.38. The topological polar surface area (TPSA) is 83.6 Å². The third kappa shape index (κ3) is 5.34. The predicted octanol–water partition coefficient (Wildman–Crippen LogP) is 3.97. The first-order valence-corrected chi connectivity index (χ1v) is 13.1. The van der Waals surface area contributed by atoms with Crippen LogP contribution in [0.2, 0.25) is 0 Å². The van der Waals surface area contributed by atoms with E-state index in [1.807, 2.05) is 34.9 Å². The molecule has 1 aromatic heterocycles. The van der Waals surface area contributed by atoms with Gasteiger partial charge < -0.3 is 20.5 Å². The molecular weight excluding hydrogens is 469 g/mol. The van der Waals surface area contributed by atoms with E-state index in [2.05, 4.69) is 23.7 Å². The van der Waals surface area contributed by atoms with E-state index in [9.17, 15) is 14.0 Å². The van der Waals surface area contributed by atoms with Crippen molar-refractivity contribution in [3.8, 4) is 0 Å². The van der Waals surface area contributed by atoms with Crippen LogP contribution in [0.4, 0.5) is 10.1 Å². The number of carbonyl (C=O) groups is 2. The van der Waals surface area contributed by atoms with E-state index >= 15 is 0 Å². The Morgan fingerprint density at radius 2 is 1.78 bits per heavy atom. The van der Waals surface area contributed by atoms with Gasteiger partial charge in [-0.2, -0.15) is 0 Å². The van der Waals surface area contributed by atoms with Gasteiger partial charge in [-0.3, -0.25) is 14.5 Å². The van der Waals surface area contributed by atoms with Gasteiger partial charge in [0.25, 0.3) is 5.91 Å². The molecule has 5 rings (SSSR count). The molecule has 1 aliphatic heterocycles. The average molecular weight is 506 g/mol. The maximum Gasteiger partial charge on any atom is 0.254 e. The standard InChI is InChI=1S/C29H36FN5O2/c1-18-12-24(30)7-6-22(18)15-32-26-14-23(29(37)34-10-8-33(9-11-34)17-27(31)36)13-25-19(2)20(3)35(28(25)26)16-21-4-5-21/h6-7,12-14,21,32H,4-5,8-11,15-17H2,1-3H3,(H2,31,36). The van der Waals surface area contributed by atoms with Gasteiger partial charge in [-0.25, -0.2) is 4.39 Å². The van der Waals surface area contributed by atoms with Crippen molar-refractivity contribution in [3.63, 3.8) is 0 Å². The first kappa shape index (κ1) is 25.3. The van der Waals surface area contributed by atoms with Crippen molar-refractivity contribution in [3.05, 3.63) is 64.1 Å². The van der Waals surface area contributed by atoms with Crippen molar-refractivity contribution in [2.75, 3.05) is 38.0 Å². The fraction of sp³-hybridized carbons (Fsp3) is 0.448. The number of anilines is 1. The van der Waals surface area contributed by atoms with Gasteiger partial charge in [0.1, 0.15) is 5.82 Å². The van der Waals surface area contributed by atoms with E-state index in [4.69, 9.17) is 5.73 Å². The number of nitrogens with two attached hydrogens (primary N) is 1. The fourth-order valence-corrected chi connectivity index (χ4v) is 5.38. The van der Waals surface area contributed by atoms with Crippen molar-refractivity contribution in [2.45, 2.75) is 46.7 Å². The molecule has 0 bridgehead atoms. The Bertz CT molecular complexity index is 1350. The molecule has 1 aliphatic carbocycles. The normalized spacial score (nSPS) is 16.4. The number of amides is 2. The number of piperazine rings is 1. The van der Waals surface area contributed by atoms with Gasteiger partial charge in [0, 0.05) is 55.9 Å². The first-order valence-electron chi connectivity index (χ1n) is 13.1. The van der Waals surface area contributed by atoms with Crippen molar-refractivity contribution in [1.82, 2.24) is 14.4 Å². The fourth-order valence-electron chi connectivity index (χ4n) is 5.38. The quantitative estimate of drug-likeness (QED) is 0.485. The van der Waals surface area contributed by atoms with Crippen LogP contribution in [0, 0.1) is 32.5 Å². The van der Waals surface area contributed by atoms with Gasteiger partial charge in [-0.15, -0.1) is 0 Å². The minimum absolute atomic E-state index is 0.00589. The molecule has 2 amide bonds. The van der Waals surface area contributed by atoms with E-state index in [-0.39, 0.29) is 24.2 Å². The summed E-state index contributed by atoms with van der Waals surface area (Å²) in [5, 5.41) is 4.68. The van der Waals surface area contributed by atoms with Crippen LogP contribution >= 0.6 is 0 Å². The maximum absolute atomic E-state index is 13.7. The lowest BCUT2D eigenvalue weighted by atomic mass is 10.0. The highest BCUT2D eigenvalue weighted by Gasteiger charge is 2.27. The molecule has 7 nitrogen and oxygen atoms in total. The molecule has 2 heterocycles. The van der Waals surface area contributed by atoms with Crippen LogP contribution in [0.25, 0.3) is 10.9 Å². The Hall–Kier alpha value is -3.39. The largest absolute Gasteiger partial charge is 0.379 e. The molecule has 3 N–H and O–H groups in total. The highest BCUT2D eigenvalue weighted by molar-refractivity contribution is 6.04. The van der Waals surface area contributed by atoms with Gasteiger partial charge in [0.05, 0.1) is 17.7 Å². The van der Waals surface area contributed by atoms with E-state index in [0.29, 0.717) is 44.2 Å². The lowest BCUT2D eigenvalue weighted by Gasteiger charge is -2.34. The number of hydrogen-bond donors (Lipinski definition) is 2. The SMILES string of the molecule is Cc1cc(F)ccc1CNc1cc(C(=O)N2CCN(CC(N)=O)CC2)cc2c(C)c(C)n(CC3CC3)c12. The minimum Gasteiger partial charge on any atom is -0.379 e. The Morgan fingerprint density at radius 3 is 2.43 bits per heavy atom. The summed E-state index contributed by atoms with van der Waals surface area (Å²) >= 11 is 0. The number of hydrogen-bond acceptors (Lipinski definition) is 4. The second-order valence-corrected chi connectivity index (χ2v) is 10.6. The van der Waals surface area contributed by atoms with Gasteiger partial charge in [-0.1, -0.05) is 6.07 Å². The number of benzene rings is 2. The van der Waals surface area contributed by atoms with Gasteiger partial charge in [-0.05, 0) is 80.5 Å². The van der Waals surface area contributed by atoms with Crippen LogP contribution in [0.15, 0.2) is 30.3 Å². The molecule has 2 fully saturated rings. The monoisotopic (exact) mass is 505 g/mol. The summed E-state index contributed by atoms with van der Waals surface area (Å²) in [7, 11) is 0. The molecule has 0 unspecified atom stereocenters. The number of aryl methyl sites for hydroxylation is 2. The molecule has 8 heteroatoms. The Kier molecular flexibility index (Phi) is 6.94. The van der Waals surface area contributed by atoms with E-state index in [1.54, 1.807) is 6.07 Å². The average Bonchev–Trinajstić information content (AvgIpc) is 3.66. The summed E-state index contributed by atoms with van der Waals surface area (Å²) in [6.45, 7) is 10.3. The summed E-state index contributed by atoms with van der Waals surface area (Å²) in [6.07, 6.45) is 2.52. The van der Waals surface area contributed by atoms with Crippen molar-refractivity contribution >= 4 is 28.4 Å². The zero-order chi connectivity index (χ0) is 26.3. The number of nitrogens with one attached hydrogen (secondary N) is 1. The smallest absolute Gasteiger partial charge is 0.254 e. The molecule has 3 aromatic rings. The molecule has 37 heavy (non-hydrogen) atoms. The summed E-state index contributed by atoms with van der Waals surface area (Å²) in [4.78, 5) is 28.7. The van der Waals surface area contributed by atoms with E-state index in [1.165, 1.54) is 30.2 Å². The minimum atomic E-state index is -0.348. The van der Waals surface area contributed by atoms with Crippen LogP contribution < -0.4 is 11.1 Å². The van der Waals surface area contributed by atoms with Crippen LogP contribution in [0.3, 0.4) is 0 Å². The number of nitrogens with zero attached hydrogens (tertiary/aromatic N) is 3. The number of aromatic nitrogens is 1. The van der Waals surface area contributed by atoms with E-state index < -0.39 is 0 Å². The van der Waals surface area contributed by atoms with Gasteiger partial charge in [0.15, 0.2) is 0 Å². The number of rotatable bonds is 8. The number of primary amides is 1. The third-order valence-electron chi connectivity index (χ3n) is 7.93. The zero-order valence-electron chi connectivity index (χ0n) is 21.9. The van der Waals surface area contributed by atoms with Crippen molar-refractivity contribution < 1.29 is 14.0 Å². The lowest BCUT2D eigenvalue weighted by Crippen LogP contribution is -2.50. The highest BCUT2D eigenvalue weighted by atomic mass is 19.1. The second-order valence-electron chi connectivity index (χ2n) is 10.6. The Labute approximate surface area is 217 Å². The maximum atomic E-state index is 13.7. The Morgan fingerprint density at radius 1 is 1.05 bits per heavy atom. The molecule has 196 valence electrons. The number of carbonyl (C=O) groups excluding carboxylic acids is 2. The van der Waals surface area contributed by atoms with Crippen LogP contribution in [-0.4, -0.2) is 58.9 Å². The lowest BCUT2D eigenvalue weighted by molar-refractivity contribution is -0.119. The molecule has 1 saturated carbocycles. The molecule has 0 atom stereocenters. The molecule has 0 radical (unpaired) electrons. The third-order valence-corrected chi connectivity index (χ3v) is 7.93. The summed E-state index contributed by atoms with van der Waals surface area (Å²) in [6, 6.07) is 8.86. The summed E-state index contributed by atoms with van der Waals surface area (Å²) in [5.41, 5.74) is 12.4. The van der Waals surface area contributed by atoms with Crippen LogP contribution in [0.5, 0.6) is 0 Å². The number of halogens is 1. The van der Waals surface area contributed by atoms with E-state index in [0.717, 1.165) is 34.3 Å². The predicted molar refractivity (Wildman–Crippen MR) is 144 cm³/mol.